The Balaban J connectivity index is 2.44. The van der Waals surface area contributed by atoms with Crippen molar-refractivity contribution in [2.24, 2.45) is 7.05 Å². The Bertz CT molecular complexity index is 772. The van der Waals surface area contributed by atoms with Crippen molar-refractivity contribution in [2.45, 2.75) is 18.2 Å². The van der Waals surface area contributed by atoms with Gasteiger partial charge < -0.3 is 0 Å². The average Bonchev–Trinajstić information content (AvgIpc) is 2.77. The summed E-state index contributed by atoms with van der Waals surface area (Å²) < 4.78 is 28.8. The molecular formula is C13H14N4O2S. The van der Waals surface area contributed by atoms with E-state index in [0.29, 0.717) is 17.8 Å². The fourth-order valence-corrected chi connectivity index (χ4v) is 3.10. The van der Waals surface area contributed by atoms with Gasteiger partial charge in [0.1, 0.15) is 11.0 Å². The third-order valence-corrected chi connectivity index (χ3v) is 4.21. The van der Waals surface area contributed by atoms with E-state index in [9.17, 15) is 8.42 Å². The highest BCUT2D eigenvalue weighted by Crippen LogP contribution is 2.21. The van der Waals surface area contributed by atoms with Crippen molar-refractivity contribution in [1.82, 2.24) is 9.78 Å². The summed E-state index contributed by atoms with van der Waals surface area (Å²) in [5.74, 6) is 0. The molecule has 0 spiro atoms. The molecule has 1 heterocycles. The normalized spacial score (nSPS) is 11.1. The van der Waals surface area contributed by atoms with Gasteiger partial charge in [-0.1, -0.05) is 19.1 Å². The van der Waals surface area contributed by atoms with Crippen LogP contribution in [0.1, 0.15) is 18.2 Å². The highest BCUT2D eigenvalue weighted by molar-refractivity contribution is 7.92. The summed E-state index contributed by atoms with van der Waals surface area (Å²) in [7, 11) is -2.08. The van der Waals surface area contributed by atoms with Gasteiger partial charge in [-0.05, 0) is 18.6 Å². The molecule has 0 saturated heterocycles. The van der Waals surface area contributed by atoms with Crippen molar-refractivity contribution in [3.8, 4) is 6.07 Å². The van der Waals surface area contributed by atoms with Crippen LogP contribution in [0.3, 0.4) is 0 Å². The Kier molecular flexibility index (Phi) is 3.77. The highest BCUT2D eigenvalue weighted by atomic mass is 32.2. The number of rotatable bonds is 4. The van der Waals surface area contributed by atoms with Crippen LogP contribution in [0.25, 0.3) is 0 Å². The molecule has 0 aliphatic heterocycles. The zero-order valence-corrected chi connectivity index (χ0v) is 12.0. The molecule has 6 nitrogen and oxygen atoms in total. The van der Waals surface area contributed by atoms with Gasteiger partial charge in [-0.15, -0.1) is 0 Å². The Hall–Kier alpha value is -2.33. The van der Waals surface area contributed by atoms with Crippen molar-refractivity contribution < 1.29 is 8.42 Å². The van der Waals surface area contributed by atoms with E-state index in [2.05, 4.69) is 9.82 Å². The summed E-state index contributed by atoms with van der Waals surface area (Å²) >= 11 is 0. The Morgan fingerprint density at radius 2 is 2.10 bits per heavy atom. The second-order valence-corrected chi connectivity index (χ2v) is 5.88. The van der Waals surface area contributed by atoms with E-state index in [-0.39, 0.29) is 10.5 Å². The van der Waals surface area contributed by atoms with Crippen LogP contribution in [-0.4, -0.2) is 18.2 Å². The number of sulfonamides is 1. The SMILES string of the molecule is CCc1nn(C)cc1NS(=O)(=O)c1ccccc1C#N. The lowest BCUT2D eigenvalue weighted by atomic mass is 10.2. The molecule has 0 aliphatic carbocycles. The molecule has 1 N–H and O–H groups in total. The third kappa shape index (κ3) is 2.65. The van der Waals surface area contributed by atoms with Gasteiger partial charge >= 0.3 is 0 Å². The standard InChI is InChI=1S/C13H14N4O2S/c1-3-11-12(9-17(2)15-11)16-20(18,19)13-7-5-4-6-10(13)8-14/h4-7,9,16H,3H2,1-2H3. The minimum Gasteiger partial charge on any atom is -0.276 e. The lowest BCUT2D eigenvalue weighted by Gasteiger charge is -2.08. The highest BCUT2D eigenvalue weighted by Gasteiger charge is 2.20. The Labute approximate surface area is 117 Å². The molecule has 2 rings (SSSR count). The molecule has 20 heavy (non-hydrogen) atoms. The van der Waals surface area contributed by atoms with Crippen LogP contribution in [0.4, 0.5) is 5.69 Å². The number of benzene rings is 1. The quantitative estimate of drug-likeness (QED) is 0.927. The van der Waals surface area contributed by atoms with Crippen molar-refractivity contribution in [2.75, 3.05) is 4.72 Å². The largest absolute Gasteiger partial charge is 0.276 e. The van der Waals surface area contributed by atoms with Crippen LogP contribution < -0.4 is 4.72 Å². The molecule has 0 amide bonds. The number of aryl methyl sites for hydroxylation is 2. The average molecular weight is 290 g/mol. The summed E-state index contributed by atoms with van der Waals surface area (Å²) in [6.45, 7) is 1.89. The molecule has 1 aromatic carbocycles. The summed E-state index contributed by atoms with van der Waals surface area (Å²) in [4.78, 5) is -0.0339. The van der Waals surface area contributed by atoms with E-state index in [1.165, 1.54) is 12.1 Å². The van der Waals surface area contributed by atoms with Crippen molar-refractivity contribution >= 4 is 15.7 Å². The molecule has 2 aromatic rings. The molecule has 0 fully saturated rings. The van der Waals surface area contributed by atoms with Gasteiger partial charge in [0.25, 0.3) is 10.0 Å². The number of aromatic nitrogens is 2. The van der Waals surface area contributed by atoms with E-state index in [1.54, 1.807) is 30.1 Å². The first-order valence-corrected chi connectivity index (χ1v) is 7.50. The lowest BCUT2D eigenvalue weighted by Crippen LogP contribution is -2.15. The smallest absolute Gasteiger partial charge is 0.263 e. The minimum absolute atomic E-state index is 0.0339. The minimum atomic E-state index is -3.80. The molecule has 7 heteroatoms. The lowest BCUT2D eigenvalue weighted by molar-refractivity contribution is 0.601. The zero-order chi connectivity index (χ0) is 14.8. The molecule has 0 saturated carbocycles. The third-order valence-electron chi connectivity index (χ3n) is 2.78. The summed E-state index contributed by atoms with van der Waals surface area (Å²) in [5, 5.41) is 13.2. The first kappa shape index (κ1) is 14.1. The molecule has 104 valence electrons. The predicted octanol–water partition coefficient (Wildman–Crippen LogP) is 1.65. The zero-order valence-electron chi connectivity index (χ0n) is 11.2. The second kappa shape index (κ2) is 5.35. The molecule has 0 bridgehead atoms. The fraction of sp³-hybridized carbons (Fsp3) is 0.231. The van der Waals surface area contributed by atoms with Gasteiger partial charge in [-0.25, -0.2) is 8.42 Å². The first-order valence-electron chi connectivity index (χ1n) is 6.02. The van der Waals surface area contributed by atoms with Crippen molar-refractivity contribution in [3.05, 3.63) is 41.7 Å². The number of hydrogen-bond acceptors (Lipinski definition) is 4. The number of nitriles is 1. The number of hydrogen-bond donors (Lipinski definition) is 1. The number of nitrogens with one attached hydrogen (secondary N) is 1. The fourth-order valence-electron chi connectivity index (χ4n) is 1.87. The summed E-state index contributed by atoms with van der Waals surface area (Å²) in [6, 6.07) is 7.96. The maximum absolute atomic E-state index is 12.4. The van der Waals surface area contributed by atoms with Crippen LogP contribution in [0.2, 0.25) is 0 Å². The van der Waals surface area contributed by atoms with E-state index in [4.69, 9.17) is 5.26 Å². The van der Waals surface area contributed by atoms with Gasteiger partial charge in [0, 0.05) is 13.2 Å². The van der Waals surface area contributed by atoms with E-state index in [0.717, 1.165) is 0 Å². The van der Waals surface area contributed by atoms with Crippen LogP contribution in [0.15, 0.2) is 35.4 Å². The van der Waals surface area contributed by atoms with Gasteiger partial charge in [-0.3, -0.25) is 9.40 Å². The maximum atomic E-state index is 12.4. The van der Waals surface area contributed by atoms with Gasteiger partial charge in [0.05, 0.1) is 16.9 Å². The molecule has 0 atom stereocenters. The molecule has 0 unspecified atom stereocenters. The molecule has 1 aromatic heterocycles. The van der Waals surface area contributed by atoms with Crippen molar-refractivity contribution in [1.29, 1.82) is 5.26 Å². The summed E-state index contributed by atoms with van der Waals surface area (Å²) in [5.41, 5.74) is 1.20. The number of nitrogens with zero attached hydrogens (tertiary/aromatic N) is 3. The van der Waals surface area contributed by atoms with Crippen LogP contribution in [0.5, 0.6) is 0 Å². The Morgan fingerprint density at radius 1 is 1.40 bits per heavy atom. The van der Waals surface area contributed by atoms with Gasteiger partial charge in [-0.2, -0.15) is 10.4 Å². The Morgan fingerprint density at radius 3 is 2.75 bits per heavy atom. The monoisotopic (exact) mass is 290 g/mol. The van der Waals surface area contributed by atoms with Crippen LogP contribution >= 0.6 is 0 Å². The maximum Gasteiger partial charge on any atom is 0.263 e. The van der Waals surface area contributed by atoms with Gasteiger partial charge in [0.2, 0.25) is 0 Å². The van der Waals surface area contributed by atoms with Crippen LogP contribution in [-0.2, 0) is 23.5 Å². The van der Waals surface area contributed by atoms with Crippen LogP contribution in [0, 0.1) is 11.3 Å². The molecular weight excluding hydrogens is 276 g/mol. The van der Waals surface area contributed by atoms with Crippen molar-refractivity contribution in [3.63, 3.8) is 0 Å². The molecule has 0 radical (unpaired) electrons. The predicted molar refractivity (Wildman–Crippen MR) is 74.6 cm³/mol. The van der Waals surface area contributed by atoms with E-state index in [1.807, 2.05) is 13.0 Å². The topological polar surface area (TPSA) is 87.8 Å². The van der Waals surface area contributed by atoms with Gasteiger partial charge in [0.15, 0.2) is 0 Å². The van der Waals surface area contributed by atoms with E-state index >= 15 is 0 Å². The number of anilines is 1. The summed E-state index contributed by atoms with van der Waals surface area (Å²) in [6.07, 6.45) is 2.21. The molecule has 0 aliphatic rings. The van der Waals surface area contributed by atoms with E-state index < -0.39 is 10.0 Å². The second-order valence-electron chi connectivity index (χ2n) is 4.23. The first-order chi connectivity index (χ1) is 9.47.